The van der Waals surface area contributed by atoms with Gasteiger partial charge in [0.2, 0.25) is 10.0 Å². The average molecular weight is 276 g/mol. The summed E-state index contributed by atoms with van der Waals surface area (Å²) in [4.78, 5) is 10.7. The zero-order valence-corrected chi connectivity index (χ0v) is 11.3. The lowest BCUT2D eigenvalue weighted by Crippen LogP contribution is -2.41. The van der Waals surface area contributed by atoms with Gasteiger partial charge in [0.1, 0.15) is 12.3 Å². The van der Waals surface area contributed by atoms with Gasteiger partial charge in [0.05, 0.1) is 5.69 Å². The molecule has 0 fully saturated rings. The minimum Gasteiger partial charge on any atom is -0.480 e. The highest BCUT2D eigenvalue weighted by atomic mass is 32.2. The van der Waals surface area contributed by atoms with E-state index in [0.717, 1.165) is 4.31 Å². The Morgan fingerprint density at radius 2 is 2.17 bits per heavy atom. The summed E-state index contributed by atoms with van der Waals surface area (Å²) in [5.41, 5.74) is 0.578. The lowest BCUT2D eigenvalue weighted by molar-refractivity contribution is -0.137. The van der Waals surface area contributed by atoms with E-state index in [-0.39, 0.29) is 11.5 Å². The normalized spacial score (nSPS) is 12.3. The van der Waals surface area contributed by atoms with Crippen LogP contribution < -0.4 is 0 Å². The van der Waals surface area contributed by atoms with Crippen LogP contribution in [0.15, 0.2) is 10.6 Å². The molecule has 0 saturated heterocycles. The van der Waals surface area contributed by atoms with Crippen LogP contribution in [-0.2, 0) is 20.6 Å². The summed E-state index contributed by atoms with van der Waals surface area (Å²) < 4.78 is 29.9. The predicted molar refractivity (Wildman–Crippen MR) is 63.3 cm³/mol. The molecule has 0 aliphatic rings. The van der Waals surface area contributed by atoms with Gasteiger partial charge in [0.25, 0.3) is 0 Å². The Morgan fingerprint density at radius 1 is 1.56 bits per heavy atom. The smallest absolute Gasteiger partial charge is 0.318 e. The Kier molecular flexibility index (Phi) is 4.47. The summed E-state index contributed by atoms with van der Waals surface area (Å²) in [7, 11) is -3.74. The summed E-state index contributed by atoms with van der Waals surface area (Å²) in [6, 6.07) is 1.08. The number of hydrogen-bond donors (Lipinski definition) is 1. The molecular weight excluding hydrogens is 260 g/mol. The number of carboxylic acids is 1. The van der Waals surface area contributed by atoms with E-state index in [4.69, 9.17) is 9.63 Å². The maximum Gasteiger partial charge on any atom is 0.318 e. The highest BCUT2D eigenvalue weighted by Gasteiger charge is 2.28. The van der Waals surface area contributed by atoms with E-state index in [1.54, 1.807) is 20.8 Å². The summed E-state index contributed by atoms with van der Waals surface area (Å²) >= 11 is 0. The van der Waals surface area contributed by atoms with Crippen molar-refractivity contribution in [2.24, 2.45) is 0 Å². The third kappa shape index (κ3) is 3.81. The van der Waals surface area contributed by atoms with E-state index >= 15 is 0 Å². The first-order chi connectivity index (χ1) is 8.22. The van der Waals surface area contributed by atoms with Gasteiger partial charge in [-0.1, -0.05) is 5.16 Å². The van der Waals surface area contributed by atoms with Gasteiger partial charge in [-0.2, -0.15) is 4.31 Å². The maximum absolute atomic E-state index is 12.1. The topological polar surface area (TPSA) is 101 Å². The van der Waals surface area contributed by atoms with Gasteiger partial charge in [0, 0.05) is 12.1 Å². The van der Waals surface area contributed by atoms with Crippen molar-refractivity contribution in [1.29, 1.82) is 0 Å². The Balaban J connectivity index is 2.91. The molecular formula is C10H16N2O5S. The molecule has 1 rings (SSSR count). The third-order valence-electron chi connectivity index (χ3n) is 2.23. The van der Waals surface area contributed by atoms with E-state index in [9.17, 15) is 13.2 Å². The van der Waals surface area contributed by atoms with Crippen LogP contribution in [0.3, 0.4) is 0 Å². The van der Waals surface area contributed by atoms with Gasteiger partial charge in [-0.05, 0) is 20.8 Å². The van der Waals surface area contributed by atoms with Crippen LogP contribution in [-0.4, -0.2) is 41.5 Å². The number of carbonyl (C=O) groups is 1. The molecule has 0 radical (unpaired) electrons. The molecule has 0 aromatic carbocycles. The van der Waals surface area contributed by atoms with Crippen LogP contribution in [0.5, 0.6) is 0 Å². The van der Waals surface area contributed by atoms with E-state index < -0.39 is 28.6 Å². The molecule has 1 aromatic rings. The number of sulfonamides is 1. The summed E-state index contributed by atoms with van der Waals surface area (Å²) in [5.74, 6) is -1.39. The highest BCUT2D eigenvalue weighted by Crippen LogP contribution is 2.14. The number of hydrogen-bond acceptors (Lipinski definition) is 5. The molecule has 0 spiro atoms. The number of aliphatic carboxylic acids is 1. The molecule has 102 valence electrons. The van der Waals surface area contributed by atoms with Crippen molar-refractivity contribution >= 4 is 16.0 Å². The van der Waals surface area contributed by atoms with Crippen LogP contribution in [0.25, 0.3) is 0 Å². The van der Waals surface area contributed by atoms with Crippen molar-refractivity contribution in [3.05, 3.63) is 17.5 Å². The second kappa shape index (κ2) is 5.49. The fourth-order valence-electron chi connectivity index (χ4n) is 1.48. The summed E-state index contributed by atoms with van der Waals surface area (Å²) in [6.07, 6.45) is 0. The van der Waals surface area contributed by atoms with Crippen LogP contribution >= 0.6 is 0 Å². The van der Waals surface area contributed by atoms with E-state index in [1.807, 2.05) is 0 Å². The number of nitrogens with zero attached hydrogens (tertiary/aromatic N) is 2. The fourth-order valence-corrected chi connectivity index (χ4v) is 3.09. The first-order valence-corrected chi connectivity index (χ1v) is 6.97. The monoisotopic (exact) mass is 276 g/mol. The molecule has 1 N–H and O–H groups in total. The van der Waals surface area contributed by atoms with Crippen LogP contribution in [0.1, 0.15) is 25.3 Å². The molecule has 0 amide bonds. The Bertz CT molecular complexity index is 520. The Labute approximate surface area is 105 Å². The van der Waals surface area contributed by atoms with Crippen LogP contribution in [0.2, 0.25) is 0 Å². The molecule has 1 heterocycles. The molecule has 1 aromatic heterocycles. The van der Waals surface area contributed by atoms with Gasteiger partial charge >= 0.3 is 5.97 Å². The van der Waals surface area contributed by atoms with E-state index in [1.165, 1.54) is 6.07 Å². The van der Waals surface area contributed by atoms with Crippen molar-refractivity contribution in [2.75, 3.05) is 6.54 Å². The van der Waals surface area contributed by atoms with Crippen LogP contribution in [0, 0.1) is 6.92 Å². The third-order valence-corrected chi connectivity index (χ3v) is 4.14. The second-order valence-corrected chi connectivity index (χ2v) is 6.15. The van der Waals surface area contributed by atoms with Crippen molar-refractivity contribution < 1.29 is 22.8 Å². The zero-order valence-electron chi connectivity index (χ0n) is 10.5. The lowest BCUT2D eigenvalue weighted by Gasteiger charge is -2.23. The maximum atomic E-state index is 12.1. The molecule has 8 heteroatoms. The van der Waals surface area contributed by atoms with Crippen molar-refractivity contribution in [1.82, 2.24) is 9.46 Å². The number of carboxylic acid groups (broad SMARTS) is 1. The van der Waals surface area contributed by atoms with Gasteiger partial charge < -0.3 is 9.63 Å². The highest BCUT2D eigenvalue weighted by molar-refractivity contribution is 7.88. The van der Waals surface area contributed by atoms with Gasteiger partial charge in [-0.3, -0.25) is 4.79 Å². The van der Waals surface area contributed by atoms with Crippen molar-refractivity contribution in [3.63, 3.8) is 0 Å². The Hall–Kier alpha value is -1.41. The summed E-state index contributed by atoms with van der Waals surface area (Å²) in [6.45, 7) is 4.35. The van der Waals surface area contributed by atoms with Crippen molar-refractivity contribution in [3.8, 4) is 0 Å². The zero-order chi connectivity index (χ0) is 13.9. The molecule has 7 nitrogen and oxygen atoms in total. The molecule has 0 aliphatic heterocycles. The first kappa shape index (κ1) is 14.7. The minimum atomic E-state index is -3.74. The number of aromatic nitrogens is 1. The molecule has 0 aliphatic carbocycles. The van der Waals surface area contributed by atoms with Gasteiger partial charge in [-0.25, -0.2) is 8.42 Å². The predicted octanol–water partition coefficient (Wildman–Crippen LogP) is 0.608. The molecule has 0 atom stereocenters. The van der Waals surface area contributed by atoms with Gasteiger partial charge in [0.15, 0.2) is 5.76 Å². The largest absolute Gasteiger partial charge is 0.480 e. The van der Waals surface area contributed by atoms with Crippen LogP contribution in [0.4, 0.5) is 0 Å². The standard InChI is InChI=1S/C10H16N2O5S/c1-7(2)12(5-10(13)14)18(15,16)6-9-4-8(3)11-17-9/h4,7H,5-6H2,1-3H3,(H,13,14). The van der Waals surface area contributed by atoms with Crippen molar-refractivity contribution in [2.45, 2.75) is 32.6 Å². The number of rotatable bonds is 6. The number of aryl methyl sites for hydroxylation is 1. The lowest BCUT2D eigenvalue weighted by atomic mass is 10.4. The molecule has 18 heavy (non-hydrogen) atoms. The first-order valence-electron chi connectivity index (χ1n) is 5.36. The summed E-state index contributed by atoms with van der Waals surface area (Å²) in [5, 5.41) is 12.3. The van der Waals surface area contributed by atoms with E-state index in [2.05, 4.69) is 5.16 Å². The minimum absolute atomic E-state index is 0.198. The second-order valence-electron chi connectivity index (χ2n) is 4.22. The molecule has 0 unspecified atom stereocenters. The fraction of sp³-hybridized carbons (Fsp3) is 0.600. The molecule has 0 bridgehead atoms. The van der Waals surface area contributed by atoms with E-state index in [0.29, 0.717) is 5.69 Å². The quantitative estimate of drug-likeness (QED) is 0.816. The molecule has 0 saturated carbocycles. The Morgan fingerprint density at radius 3 is 2.56 bits per heavy atom. The average Bonchev–Trinajstić information content (AvgIpc) is 2.58. The SMILES string of the molecule is Cc1cc(CS(=O)(=O)N(CC(=O)O)C(C)C)on1. The van der Waals surface area contributed by atoms with Gasteiger partial charge in [-0.15, -0.1) is 0 Å².